The number of nitrogens with one attached hydrogen (secondary N) is 1. The second-order valence-electron chi connectivity index (χ2n) is 19.4. The summed E-state index contributed by atoms with van der Waals surface area (Å²) < 4.78 is 5.95. The molecule has 6 heteroatoms. The van der Waals surface area contributed by atoms with Crippen molar-refractivity contribution < 1.29 is 24.5 Å². The molecule has 0 aliphatic carbocycles. The van der Waals surface area contributed by atoms with Crippen LogP contribution in [0.4, 0.5) is 0 Å². The van der Waals surface area contributed by atoms with Crippen molar-refractivity contribution in [3.8, 4) is 0 Å². The Labute approximate surface area is 392 Å². The van der Waals surface area contributed by atoms with Gasteiger partial charge in [-0.1, -0.05) is 263 Å². The minimum absolute atomic E-state index is 0.0772. The van der Waals surface area contributed by atoms with Gasteiger partial charge in [0.2, 0.25) is 5.91 Å². The predicted octanol–water partition coefficient (Wildman–Crippen LogP) is 17.1. The van der Waals surface area contributed by atoms with Gasteiger partial charge in [-0.25, -0.2) is 0 Å². The lowest BCUT2D eigenvalue weighted by molar-refractivity contribution is -0.151. The van der Waals surface area contributed by atoms with Crippen molar-refractivity contribution in [1.82, 2.24) is 5.32 Å². The van der Waals surface area contributed by atoms with Crippen LogP contribution in [-0.4, -0.2) is 46.9 Å². The number of ether oxygens (including phenoxy) is 1. The Hall–Kier alpha value is -1.66. The average Bonchev–Trinajstić information content (AvgIpc) is 3.28. The highest BCUT2D eigenvalue weighted by atomic mass is 16.5. The highest BCUT2D eigenvalue weighted by Crippen LogP contribution is 2.19. The lowest BCUT2D eigenvalue weighted by Crippen LogP contribution is -2.46. The molecule has 0 saturated heterocycles. The number of esters is 1. The van der Waals surface area contributed by atoms with E-state index in [1.807, 2.05) is 0 Å². The third-order valence-electron chi connectivity index (χ3n) is 13.1. The second-order valence-corrected chi connectivity index (χ2v) is 19.4. The molecular weight excluding hydrogens is 779 g/mol. The van der Waals surface area contributed by atoms with Gasteiger partial charge in [-0.3, -0.25) is 9.59 Å². The maximum Gasteiger partial charge on any atom is 0.306 e. The van der Waals surface area contributed by atoms with Crippen molar-refractivity contribution in [2.75, 3.05) is 6.61 Å². The average molecular weight is 889 g/mol. The lowest BCUT2D eigenvalue weighted by atomic mass is 10.0. The summed E-state index contributed by atoms with van der Waals surface area (Å²) in [4.78, 5) is 26.2. The van der Waals surface area contributed by atoms with E-state index < -0.39 is 18.2 Å². The van der Waals surface area contributed by atoms with Crippen LogP contribution in [0.15, 0.2) is 24.3 Å². The number of hydrogen-bond donors (Lipinski definition) is 3. The number of carbonyl (C=O) groups excluding carboxylic acids is 2. The number of unbranched alkanes of at least 4 members (excludes halogenated alkanes) is 36. The van der Waals surface area contributed by atoms with E-state index in [0.29, 0.717) is 19.3 Å². The quantitative estimate of drug-likeness (QED) is 0.0321. The number of aliphatic hydroxyl groups excluding tert-OH is 2. The first-order valence-corrected chi connectivity index (χ1v) is 28.1. The first-order valence-electron chi connectivity index (χ1n) is 28.1. The van der Waals surface area contributed by atoms with Gasteiger partial charge >= 0.3 is 5.97 Å². The minimum atomic E-state index is -0.786. The van der Waals surface area contributed by atoms with Gasteiger partial charge in [0.1, 0.15) is 6.10 Å². The first kappa shape index (κ1) is 61.3. The van der Waals surface area contributed by atoms with E-state index in [4.69, 9.17) is 4.74 Å². The Morgan fingerprint density at radius 2 is 0.794 bits per heavy atom. The zero-order valence-corrected chi connectivity index (χ0v) is 42.5. The van der Waals surface area contributed by atoms with Crippen LogP contribution in [0.3, 0.4) is 0 Å². The van der Waals surface area contributed by atoms with Crippen LogP contribution in [0.1, 0.15) is 303 Å². The molecule has 0 bridgehead atoms. The maximum atomic E-state index is 13.2. The molecule has 0 heterocycles. The lowest BCUT2D eigenvalue weighted by Gasteiger charge is -2.24. The molecule has 0 aromatic heterocycles. The number of aliphatic hydroxyl groups is 2. The van der Waals surface area contributed by atoms with Crippen molar-refractivity contribution in [3.05, 3.63) is 24.3 Å². The molecule has 3 unspecified atom stereocenters. The van der Waals surface area contributed by atoms with Crippen molar-refractivity contribution in [2.24, 2.45) is 0 Å². The zero-order valence-electron chi connectivity index (χ0n) is 42.5. The summed E-state index contributed by atoms with van der Waals surface area (Å²) >= 11 is 0. The Balaban J connectivity index is 4.55. The monoisotopic (exact) mass is 888 g/mol. The van der Waals surface area contributed by atoms with Crippen LogP contribution in [-0.2, 0) is 14.3 Å². The summed E-state index contributed by atoms with van der Waals surface area (Å²) in [6, 6.07) is -0.700. The predicted molar refractivity (Wildman–Crippen MR) is 273 cm³/mol. The highest BCUT2D eigenvalue weighted by molar-refractivity contribution is 5.77. The van der Waals surface area contributed by atoms with Crippen molar-refractivity contribution >= 4 is 11.9 Å². The third-order valence-corrected chi connectivity index (χ3v) is 13.1. The molecule has 0 rings (SSSR count). The molecule has 0 aromatic carbocycles. The number of carbonyl (C=O) groups is 2. The smallest absolute Gasteiger partial charge is 0.306 e. The van der Waals surface area contributed by atoms with E-state index in [9.17, 15) is 19.8 Å². The molecule has 1 amide bonds. The van der Waals surface area contributed by atoms with E-state index in [0.717, 1.165) is 51.4 Å². The normalized spacial score (nSPS) is 13.3. The van der Waals surface area contributed by atoms with Crippen molar-refractivity contribution in [3.63, 3.8) is 0 Å². The van der Waals surface area contributed by atoms with Crippen LogP contribution < -0.4 is 5.32 Å². The SMILES string of the molecule is CCCCCCCCC/C=C/C=C/CCCCCCCC(=O)OC(CCCCCCCCCCCCCCCCC)CC(=O)NC(CO)C(O)CCCCCCCCCCCCC. The number of amides is 1. The number of rotatable bonds is 51. The van der Waals surface area contributed by atoms with Gasteiger partial charge in [0.25, 0.3) is 0 Å². The molecule has 3 N–H and O–H groups in total. The summed E-state index contributed by atoms with van der Waals surface area (Å²) in [5.41, 5.74) is 0. The topological polar surface area (TPSA) is 95.9 Å². The third kappa shape index (κ3) is 46.7. The molecule has 3 atom stereocenters. The van der Waals surface area contributed by atoms with Crippen molar-refractivity contribution in [2.45, 2.75) is 322 Å². The Bertz CT molecular complexity index is 997. The molecule has 0 aromatic rings. The van der Waals surface area contributed by atoms with Gasteiger partial charge in [0.15, 0.2) is 0 Å². The van der Waals surface area contributed by atoms with E-state index in [2.05, 4.69) is 50.4 Å². The van der Waals surface area contributed by atoms with E-state index in [1.54, 1.807) is 0 Å². The van der Waals surface area contributed by atoms with Crippen LogP contribution in [0.5, 0.6) is 0 Å². The molecule has 0 aliphatic heterocycles. The number of allylic oxidation sites excluding steroid dienone is 4. The van der Waals surface area contributed by atoms with Gasteiger partial charge in [-0.2, -0.15) is 0 Å². The largest absolute Gasteiger partial charge is 0.462 e. The summed E-state index contributed by atoms with van der Waals surface area (Å²) in [7, 11) is 0. The Kier molecular flexibility index (Phi) is 50.0. The van der Waals surface area contributed by atoms with E-state index in [1.165, 1.54) is 205 Å². The van der Waals surface area contributed by atoms with Crippen molar-refractivity contribution in [1.29, 1.82) is 0 Å². The molecule has 6 nitrogen and oxygen atoms in total. The van der Waals surface area contributed by atoms with E-state index >= 15 is 0 Å². The minimum Gasteiger partial charge on any atom is -0.462 e. The van der Waals surface area contributed by atoms with Gasteiger partial charge in [0.05, 0.1) is 25.2 Å². The first-order chi connectivity index (χ1) is 31.0. The molecule has 63 heavy (non-hydrogen) atoms. The standard InChI is InChI=1S/C57H109NO5/c1-4-7-10-13-16-19-22-24-26-27-28-30-32-35-38-41-44-47-50-57(62)63-53(48-45-42-39-36-34-31-29-25-23-20-17-14-11-8-5-2)51-56(61)58-54(52-59)55(60)49-46-43-40-37-33-21-18-15-12-9-6-3/h26-28,30,53-55,59-60H,4-25,29,31-52H2,1-3H3,(H,58,61)/b27-26+,30-28+. The molecule has 0 aliphatic rings. The number of hydrogen-bond acceptors (Lipinski definition) is 5. The molecule has 0 radical (unpaired) electrons. The summed E-state index contributed by atoms with van der Waals surface area (Å²) in [5, 5.41) is 23.8. The second kappa shape index (κ2) is 51.3. The van der Waals surface area contributed by atoms with Gasteiger partial charge in [0, 0.05) is 6.42 Å². The fraction of sp³-hybridized carbons (Fsp3) is 0.895. The van der Waals surface area contributed by atoms with Gasteiger partial charge in [-0.15, -0.1) is 0 Å². The Morgan fingerprint density at radius 1 is 0.460 bits per heavy atom. The summed E-state index contributed by atoms with van der Waals surface area (Å²) in [6.07, 6.45) is 59.5. The van der Waals surface area contributed by atoms with Gasteiger partial charge < -0.3 is 20.3 Å². The fourth-order valence-corrected chi connectivity index (χ4v) is 8.78. The van der Waals surface area contributed by atoms with Crippen LogP contribution in [0.2, 0.25) is 0 Å². The van der Waals surface area contributed by atoms with Gasteiger partial charge in [-0.05, 0) is 51.4 Å². The summed E-state index contributed by atoms with van der Waals surface area (Å²) in [6.45, 7) is 6.50. The summed E-state index contributed by atoms with van der Waals surface area (Å²) in [5.74, 6) is -0.473. The Morgan fingerprint density at radius 3 is 1.17 bits per heavy atom. The molecule has 372 valence electrons. The fourth-order valence-electron chi connectivity index (χ4n) is 8.78. The molecule has 0 saturated carbocycles. The molecule has 0 spiro atoms. The molecule has 0 fully saturated rings. The molecular formula is C57H109NO5. The van der Waals surface area contributed by atoms with Crippen LogP contribution >= 0.6 is 0 Å². The van der Waals surface area contributed by atoms with Crippen LogP contribution in [0, 0.1) is 0 Å². The highest BCUT2D eigenvalue weighted by Gasteiger charge is 2.24. The zero-order chi connectivity index (χ0) is 45.9. The maximum absolute atomic E-state index is 13.2. The van der Waals surface area contributed by atoms with Crippen LogP contribution in [0.25, 0.3) is 0 Å². The van der Waals surface area contributed by atoms with E-state index in [-0.39, 0.29) is 24.9 Å².